The lowest BCUT2D eigenvalue weighted by atomic mass is 9.85. The number of benzene rings is 2. The van der Waals surface area contributed by atoms with Crippen molar-refractivity contribution >= 4 is 28.5 Å². The minimum atomic E-state index is -0.542. The molecule has 0 aliphatic carbocycles. The van der Waals surface area contributed by atoms with Gasteiger partial charge in [-0.3, -0.25) is 9.59 Å². The van der Waals surface area contributed by atoms with Crippen molar-refractivity contribution in [2.75, 3.05) is 0 Å². The fourth-order valence-corrected chi connectivity index (χ4v) is 4.08. The molecule has 0 fully saturated rings. The fourth-order valence-electron chi connectivity index (χ4n) is 3.83. The SMILES string of the molecule is O=C1C[C@@H](c2cccnc2Cl)c2c(cc(O)c3c(=O)cc(-c4ccccc4)oc23)O1. The van der Waals surface area contributed by atoms with Gasteiger partial charge in [-0.1, -0.05) is 48.0 Å². The Morgan fingerprint density at radius 3 is 2.63 bits per heavy atom. The molecule has 148 valence electrons. The van der Waals surface area contributed by atoms with Gasteiger partial charge in [0.15, 0.2) is 5.43 Å². The zero-order chi connectivity index (χ0) is 20.8. The zero-order valence-corrected chi connectivity index (χ0v) is 16.2. The van der Waals surface area contributed by atoms with Gasteiger partial charge in [0.25, 0.3) is 0 Å². The molecule has 1 aliphatic heterocycles. The Balaban J connectivity index is 1.86. The third-order valence-corrected chi connectivity index (χ3v) is 5.46. The maximum Gasteiger partial charge on any atom is 0.312 e. The first-order valence-electron chi connectivity index (χ1n) is 9.23. The number of ether oxygens (including phenoxy) is 1. The van der Waals surface area contributed by atoms with E-state index >= 15 is 0 Å². The lowest BCUT2D eigenvalue weighted by Crippen LogP contribution is -2.22. The van der Waals surface area contributed by atoms with E-state index in [4.69, 9.17) is 20.8 Å². The molecule has 1 N–H and O–H groups in total. The summed E-state index contributed by atoms with van der Waals surface area (Å²) in [5, 5.41) is 10.7. The Kier molecular flexibility index (Phi) is 4.29. The van der Waals surface area contributed by atoms with E-state index in [1.165, 1.54) is 12.1 Å². The van der Waals surface area contributed by atoms with Gasteiger partial charge in [0.2, 0.25) is 0 Å². The van der Waals surface area contributed by atoms with Crippen LogP contribution in [0.5, 0.6) is 11.5 Å². The number of phenolic OH excluding ortho intramolecular Hbond substituents is 1. The van der Waals surface area contributed by atoms with Crippen LogP contribution in [0, 0.1) is 0 Å². The lowest BCUT2D eigenvalue weighted by Gasteiger charge is -2.26. The molecular formula is C23H14ClNO5. The smallest absolute Gasteiger partial charge is 0.312 e. The molecule has 30 heavy (non-hydrogen) atoms. The number of hydrogen-bond donors (Lipinski definition) is 1. The quantitative estimate of drug-likeness (QED) is 0.289. The maximum atomic E-state index is 12.9. The van der Waals surface area contributed by atoms with Gasteiger partial charge in [-0.15, -0.1) is 0 Å². The largest absolute Gasteiger partial charge is 0.507 e. The van der Waals surface area contributed by atoms with E-state index in [0.717, 1.165) is 0 Å². The first-order chi connectivity index (χ1) is 14.5. The third kappa shape index (κ3) is 2.93. The van der Waals surface area contributed by atoms with Crippen LogP contribution in [0.1, 0.15) is 23.5 Å². The van der Waals surface area contributed by atoms with Crippen LogP contribution in [0.2, 0.25) is 5.15 Å². The molecule has 3 heterocycles. The molecule has 7 heteroatoms. The molecule has 0 bridgehead atoms. The predicted octanol–water partition coefficient (Wildman–Crippen LogP) is 4.66. The van der Waals surface area contributed by atoms with Crippen molar-refractivity contribution in [2.45, 2.75) is 12.3 Å². The van der Waals surface area contributed by atoms with Gasteiger partial charge < -0.3 is 14.3 Å². The second-order valence-corrected chi connectivity index (χ2v) is 7.32. The van der Waals surface area contributed by atoms with E-state index < -0.39 is 17.3 Å². The lowest BCUT2D eigenvalue weighted by molar-refractivity contribution is -0.135. The van der Waals surface area contributed by atoms with Crippen LogP contribution in [-0.4, -0.2) is 16.1 Å². The Bertz CT molecular complexity index is 1360. The van der Waals surface area contributed by atoms with E-state index in [9.17, 15) is 14.7 Å². The summed E-state index contributed by atoms with van der Waals surface area (Å²) < 4.78 is 11.5. The highest BCUT2D eigenvalue weighted by Crippen LogP contribution is 2.46. The number of pyridine rings is 1. The van der Waals surface area contributed by atoms with Crippen molar-refractivity contribution in [1.29, 1.82) is 0 Å². The molecule has 0 amide bonds. The second-order valence-electron chi connectivity index (χ2n) is 6.97. The van der Waals surface area contributed by atoms with Crippen LogP contribution in [0.25, 0.3) is 22.3 Å². The van der Waals surface area contributed by atoms with Gasteiger partial charge in [0.05, 0.1) is 6.42 Å². The molecule has 0 unspecified atom stereocenters. The number of carbonyl (C=O) groups excluding carboxylic acids is 1. The first-order valence-corrected chi connectivity index (χ1v) is 9.61. The normalized spacial score (nSPS) is 15.6. The van der Waals surface area contributed by atoms with Crippen LogP contribution in [0.15, 0.2) is 70.0 Å². The average Bonchev–Trinajstić information content (AvgIpc) is 2.73. The van der Waals surface area contributed by atoms with Gasteiger partial charge >= 0.3 is 5.97 Å². The summed E-state index contributed by atoms with van der Waals surface area (Å²) in [7, 11) is 0. The topological polar surface area (TPSA) is 89.6 Å². The minimum absolute atomic E-state index is 0.00242. The number of carbonyl (C=O) groups is 1. The zero-order valence-electron chi connectivity index (χ0n) is 15.5. The highest BCUT2D eigenvalue weighted by molar-refractivity contribution is 6.30. The number of fused-ring (bicyclic) bond motifs is 3. The number of nitrogens with zero attached hydrogens (tertiary/aromatic N) is 1. The number of esters is 1. The number of phenols is 1. The fraction of sp³-hybridized carbons (Fsp3) is 0.0870. The van der Waals surface area contributed by atoms with Gasteiger partial charge in [0, 0.05) is 35.4 Å². The Labute approximate surface area is 175 Å². The molecule has 2 aromatic heterocycles. The summed E-state index contributed by atoms with van der Waals surface area (Å²) in [5.41, 5.74) is 1.55. The number of hydrogen-bond acceptors (Lipinski definition) is 6. The highest BCUT2D eigenvalue weighted by atomic mass is 35.5. The number of rotatable bonds is 2. The van der Waals surface area contributed by atoms with Crippen molar-refractivity contribution in [2.24, 2.45) is 0 Å². The predicted molar refractivity (Wildman–Crippen MR) is 111 cm³/mol. The second kappa shape index (κ2) is 7.00. The van der Waals surface area contributed by atoms with E-state index in [1.54, 1.807) is 18.3 Å². The van der Waals surface area contributed by atoms with Crippen molar-refractivity contribution < 1.29 is 19.1 Å². The van der Waals surface area contributed by atoms with Crippen molar-refractivity contribution in [3.05, 3.63) is 87.3 Å². The number of aromatic nitrogens is 1. The molecule has 0 saturated heterocycles. The molecule has 4 aromatic rings. The van der Waals surface area contributed by atoms with Crippen LogP contribution in [0.4, 0.5) is 0 Å². The molecule has 0 saturated carbocycles. The van der Waals surface area contributed by atoms with Crippen LogP contribution >= 0.6 is 11.6 Å². The van der Waals surface area contributed by atoms with Crippen LogP contribution in [0.3, 0.4) is 0 Å². The molecule has 1 atom stereocenters. The van der Waals surface area contributed by atoms with E-state index in [2.05, 4.69) is 4.98 Å². The summed E-state index contributed by atoms with van der Waals surface area (Å²) >= 11 is 6.31. The third-order valence-electron chi connectivity index (χ3n) is 5.15. The molecule has 0 radical (unpaired) electrons. The minimum Gasteiger partial charge on any atom is -0.507 e. The van der Waals surface area contributed by atoms with Gasteiger partial charge in [-0.25, -0.2) is 4.98 Å². The number of halogens is 1. The van der Waals surface area contributed by atoms with E-state index in [0.29, 0.717) is 22.5 Å². The Hall–Kier alpha value is -3.64. The Morgan fingerprint density at radius 1 is 1.07 bits per heavy atom. The van der Waals surface area contributed by atoms with Gasteiger partial charge in [0.1, 0.15) is 33.4 Å². The monoisotopic (exact) mass is 419 g/mol. The first kappa shape index (κ1) is 18.4. The molecule has 0 spiro atoms. The molecule has 5 rings (SSSR count). The summed E-state index contributed by atoms with van der Waals surface area (Å²) in [6.45, 7) is 0. The van der Waals surface area contributed by atoms with Gasteiger partial charge in [-0.05, 0) is 11.6 Å². The summed E-state index contributed by atoms with van der Waals surface area (Å²) in [4.78, 5) is 29.3. The van der Waals surface area contributed by atoms with E-state index in [1.807, 2.05) is 30.3 Å². The average molecular weight is 420 g/mol. The van der Waals surface area contributed by atoms with Crippen LogP contribution < -0.4 is 10.2 Å². The Morgan fingerprint density at radius 2 is 1.87 bits per heavy atom. The molecule has 2 aromatic carbocycles. The van der Waals surface area contributed by atoms with Gasteiger partial charge in [-0.2, -0.15) is 0 Å². The molecule has 1 aliphatic rings. The van der Waals surface area contributed by atoms with Crippen molar-refractivity contribution in [3.63, 3.8) is 0 Å². The van der Waals surface area contributed by atoms with Crippen molar-refractivity contribution in [3.8, 4) is 22.8 Å². The molecule has 6 nitrogen and oxygen atoms in total. The maximum absolute atomic E-state index is 12.9. The summed E-state index contributed by atoms with van der Waals surface area (Å²) in [6.07, 6.45) is 1.55. The van der Waals surface area contributed by atoms with Crippen molar-refractivity contribution in [1.82, 2.24) is 4.98 Å². The van der Waals surface area contributed by atoms with E-state index in [-0.39, 0.29) is 34.0 Å². The molecular weight excluding hydrogens is 406 g/mol. The number of aromatic hydroxyl groups is 1. The highest BCUT2D eigenvalue weighted by Gasteiger charge is 2.34. The summed E-state index contributed by atoms with van der Waals surface area (Å²) in [5.74, 6) is -0.862. The summed E-state index contributed by atoms with van der Waals surface area (Å²) in [6, 6.07) is 15.2. The van der Waals surface area contributed by atoms with Crippen LogP contribution in [-0.2, 0) is 4.79 Å². The standard InChI is InChI=1S/C23H14ClNO5/c24-23-13(7-4-8-25-23)14-9-19(28)29-18-11-16(27)21-15(26)10-17(30-22(21)20(14)18)12-5-2-1-3-6-12/h1-8,10-11,14,27H,9H2/t14-/m0/s1.